The van der Waals surface area contributed by atoms with Crippen LogP contribution in [0, 0.1) is 0 Å². The summed E-state index contributed by atoms with van der Waals surface area (Å²) in [5.74, 6) is -0.215. The minimum absolute atomic E-state index is 0.119. The molecule has 0 bridgehead atoms. The van der Waals surface area contributed by atoms with Crippen LogP contribution in [0.25, 0.3) is 17.8 Å². The van der Waals surface area contributed by atoms with Gasteiger partial charge in [0.25, 0.3) is 5.91 Å². The van der Waals surface area contributed by atoms with Crippen LogP contribution >= 0.6 is 0 Å². The second-order valence-corrected chi connectivity index (χ2v) is 9.45. The van der Waals surface area contributed by atoms with Crippen molar-refractivity contribution >= 4 is 29.7 Å². The van der Waals surface area contributed by atoms with Crippen LogP contribution < -0.4 is 14.8 Å². The van der Waals surface area contributed by atoms with Gasteiger partial charge in [0.15, 0.2) is 0 Å². The molecule has 0 spiro atoms. The number of aromatic nitrogens is 2. The fourth-order valence-corrected chi connectivity index (χ4v) is 4.26. The number of hydrogen-bond acceptors (Lipinski definition) is 5. The molecule has 41 heavy (non-hydrogen) atoms. The Morgan fingerprint density at radius 2 is 1.54 bits per heavy atom. The van der Waals surface area contributed by atoms with Gasteiger partial charge in [-0.2, -0.15) is 0 Å². The molecule has 8 nitrogen and oxygen atoms in total. The largest absolute Gasteiger partial charge is 0.497 e. The highest BCUT2D eigenvalue weighted by molar-refractivity contribution is 5.95. The molecule has 5 rings (SSSR count). The summed E-state index contributed by atoms with van der Waals surface area (Å²) in [6.45, 7) is 0.438. The number of imidazole rings is 1. The number of carboxylic acid groups (broad SMARTS) is 1. The van der Waals surface area contributed by atoms with Crippen molar-refractivity contribution in [3.63, 3.8) is 0 Å². The number of carbonyl (C=O) groups is 2. The van der Waals surface area contributed by atoms with E-state index in [1.807, 2.05) is 79.0 Å². The zero-order valence-corrected chi connectivity index (χ0v) is 22.4. The number of methoxy groups -OCH3 is 1. The third-order valence-corrected chi connectivity index (χ3v) is 6.51. The lowest BCUT2D eigenvalue weighted by atomic mass is 10.1. The normalized spacial score (nSPS) is 11.8. The molecule has 2 N–H and O–H groups in total. The molecule has 3 aromatic carbocycles. The summed E-state index contributed by atoms with van der Waals surface area (Å²) >= 11 is 0. The number of aliphatic carboxylic acids is 1. The summed E-state index contributed by atoms with van der Waals surface area (Å²) in [4.78, 5) is 29.3. The average Bonchev–Trinajstić information content (AvgIpc) is 3.44. The second kappa shape index (κ2) is 12.7. The Balaban J connectivity index is 1.21. The van der Waals surface area contributed by atoms with Gasteiger partial charge in [-0.25, -0.2) is 9.78 Å². The van der Waals surface area contributed by atoms with E-state index in [2.05, 4.69) is 10.3 Å². The van der Waals surface area contributed by atoms with Crippen LogP contribution in [0.5, 0.6) is 11.5 Å². The SMILES string of the molecule is COc1ccc(/C=C/c2ccc3nc(C(=O)NC(Cc4ccc(OCc5ccccc5)cc4)C(=O)O)cn3c2)cc1. The van der Waals surface area contributed by atoms with Gasteiger partial charge in [0.05, 0.1) is 7.11 Å². The number of hydrogen-bond donors (Lipinski definition) is 2. The molecule has 0 fully saturated rings. The van der Waals surface area contributed by atoms with Gasteiger partial charge < -0.3 is 24.3 Å². The van der Waals surface area contributed by atoms with Crippen molar-refractivity contribution < 1.29 is 24.2 Å². The predicted molar refractivity (Wildman–Crippen MR) is 157 cm³/mol. The lowest BCUT2D eigenvalue weighted by molar-refractivity contribution is -0.139. The molecule has 2 aromatic heterocycles. The maximum Gasteiger partial charge on any atom is 0.326 e. The Bertz CT molecular complexity index is 1660. The molecule has 8 heteroatoms. The zero-order valence-electron chi connectivity index (χ0n) is 22.4. The molecule has 1 amide bonds. The fourth-order valence-electron chi connectivity index (χ4n) is 4.26. The summed E-state index contributed by atoms with van der Waals surface area (Å²) in [7, 11) is 1.63. The van der Waals surface area contributed by atoms with E-state index in [1.165, 1.54) is 0 Å². The topological polar surface area (TPSA) is 102 Å². The molecular weight excluding hydrogens is 518 g/mol. The van der Waals surface area contributed by atoms with Crippen LogP contribution in [0.1, 0.15) is 32.7 Å². The number of carboxylic acids is 1. The Morgan fingerprint density at radius 1 is 0.854 bits per heavy atom. The highest BCUT2D eigenvalue weighted by Crippen LogP contribution is 2.17. The Kier molecular flexibility index (Phi) is 8.40. The number of nitrogens with one attached hydrogen (secondary N) is 1. The quantitative estimate of drug-likeness (QED) is 0.226. The Morgan fingerprint density at radius 3 is 2.24 bits per heavy atom. The van der Waals surface area contributed by atoms with Crippen molar-refractivity contribution in [2.75, 3.05) is 7.11 Å². The van der Waals surface area contributed by atoms with Gasteiger partial charge in [0.1, 0.15) is 35.5 Å². The van der Waals surface area contributed by atoms with Crippen LogP contribution in [0.15, 0.2) is 103 Å². The number of nitrogens with zero attached hydrogens (tertiary/aromatic N) is 2. The van der Waals surface area contributed by atoms with Crippen LogP contribution in [0.3, 0.4) is 0 Å². The van der Waals surface area contributed by atoms with Crippen LogP contribution in [0.4, 0.5) is 0 Å². The third kappa shape index (κ3) is 7.19. The number of carbonyl (C=O) groups excluding carboxylic acids is 1. The van der Waals surface area contributed by atoms with Gasteiger partial charge in [-0.15, -0.1) is 0 Å². The smallest absolute Gasteiger partial charge is 0.326 e. The van der Waals surface area contributed by atoms with Gasteiger partial charge in [0, 0.05) is 18.8 Å². The van der Waals surface area contributed by atoms with Crippen molar-refractivity contribution in [3.8, 4) is 11.5 Å². The first-order valence-electron chi connectivity index (χ1n) is 13.1. The van der Waals surface area contributed by atoms with Gasteiger partial charge in [-0.3, -0.25) is 4.79 Å². The highest BCUT2D eigenvalue weighted by atomic mass is 16.5. The molecule has 0 aliphatic rings. The van der Waals surface area contributed by atoms with E-state index in [1.54, 1.807) is 48.0 Å². The Hall–Kier alpha value is -5.37. The molecule has 1 atom stereocenters. The van der Waals surface area contributed by atoms with Crippen molar-refractivity contribution in [1.29, 1.82) is 0 Å². The summed E-state index contributed by atoms with van der Waals surface area (Å²) < 4.78 is 12.7. The minimum Gasteiger partial charge on any atom is -0.497 e. The molecule has 0 radical (unpaired) electrons. The van der Waals surface area contributed by atoms with Crippen LogP contribution in [-0.2, 0) is 17.8 Å². The van der Waals surface area contributed by atoms with E-state index in [4.69, 9.17) is 9.47 Å². The number of benzene rings is 3. The van der Waals surface area contributed by atoms with E-state index in [9.17, 15) is 14.7 Å². The number of amides is 1. The second-order valence-electron chi connectivity index (χ2n) is 9.45. The molecular formula is C33H29N3O5. The highest BCUT2D eigenvalue weighted by Gasteiger charge is 2.22. The maximum atomic E-state index is 12.9. The third-order valence-electron chi connectivity index (χ3n) is 6.51. The van der Waals surface area contributed by atoms with Crippen molar-refractivity contribution in [3.05, 3.63) is 131 Å². The van der Waals surface area contributed by atoms with Crippen molar-refractivity contribution in [2.24, 2.45) is 0 Å². The van der Waals surface area contributed by atoms with E-state index >= 15 is 0 Å². The number of fused-ring (bicyclic) bond motifs is 1. The summed E-state index contributed by atoms with van der Waals surface area (Å²) in [5.41, 5.74) is 4.46. The first-order valence-corrected chi connectivity index (χ1v) is 13.1. The zero-order chi connectivity index (χ0) is 28.6. The van der Waals surface area contributed by atoms with Gasteiger partial charge in [0.2, 0.25) is 0 Å². The molecule has 0 aliphatic carbocycles. The predicted octanol–water partition coefficient (Wildman–Crippen LogP) is 5.52. The molecule has 0 saturated carbocycles. The van der Waals surface area contributed by atoms with E-state index in [0.29, 0.717) is 18.0 Å². The lowest BCUT2D eigenvalue weighted by Gasteiger charge is -2.14. The number of rotatable bonds is 11. The standard InChI is InChI=1S/C33H29N3O5/c1-40-27-14-9-23(10-15-27)7-8-25-13-18-31-34-30(21-36(31)20-25)32(37)35-29(33(38)39)19-24-11-16-28(17-12-24)41-22-26-5-3-2-4-6-26/h2-18,20-21,29H,19,22H2,1H3,(H,35,37)(H,38,39)/b8-7+. The first-order chi connectivity index (χ1) is 20.0. The fraction of sp³-hybridized carbons (Fsp3) is 0.121. The molecule has 2 heterocycles. The van der Waals surface area contributed by atoms with E-state index in [0.717, 1.165) is 28.0 Å². The Labute approximate surface area is 237 Å². The minimum atomic E-state index is -1.13. The summed E-state index contributed by atoms with van der Waals surface area (Å²) in [6, 6.07) is 27.3. The first kappa shape index (κ1) is 27.2. The maximum absolute atomic E-state index is 12.9. The van der Waals surface area contributed by atoms with Crippen molar-refractivity contribution in [2.45, 2.75) is 19.1 Å². The number of pyridine rings is 1. The molecule has 0 aliphatic heterocycles. The van der Waals surface area contributed by atoms with E-state index < -0.39 is 17.9 Å². The number of ether oxygens (including phenoxy) is 2. The molecule has 5 aromatic rings. The summed E-state index contributed by atoms with van der Waals surface area (Å²) in [6.07, 6.45) is 7.50. The lowest BCUT2D eigenvalue weighted by Crippen LogP contribution is -2.42. The van der Waals surface area contributed by atoms with Gasteiger partial charge in [-0.1, -0.05) is 66.7 Å². The molecule has 1 unspecified atom stereocenters. The monoisotopic (exact) mass is 547 g/mol. The van der Waals surface area contributed by atoms with Crippen LogP contribution in [-0.4, -0.2) is 39.5 Å². The molecule has 206 valence electrons. The summed E-state index contributed by atoms with van der Waals surface area (Å²) in [5, 5.41) is 12.4. The van der Waals surface area contributed by atoms with Crippen molar-refractivity contribution in [1.82, 2.24) is 14.7 Å². The average molecular weight is 548 g/mol. The van der Waals surface area contributed by atoms with Crippen LogP contribution in [0.2, 0.25) is 0 Å². The van der Waals surface area contributed by atoms with E-state index in [-0.39, 0.29) is 12.1 Å². The van der Waals surface area contributed by atoms with Gasteiger partial charge in [-0.05, 0) is 58.7 Å². The van der Waals surface area contributed by atoms with Gasteiger partial charge >= 0.3 is 5.97 Å². The molecule has 0 saturated heterocycles.